The molecule has 0 amide bonds. The molecule has 0 spiro atoms. The van der Waals surface area contributed by atoms with Crippen LogP contribution < -0.4 is 0 Å². The molecule has 0 bridgehead atoms. The molecule has 262 valence electrons. The van der Waals surface area contributed by atoms with Gasteiger partial charge in [-0.3, -0.25) is 0 Å². The van der Waals surface area contributed by atoms with Crippen molar-refractivity contribution in [1.82, 2.24) is 14.5 Å². The van der Waals surface area contributed by atoms with Crippen molar-refractivity contribution in [2.45, 2.75) is 0 Å². The normalized spacial score (nSPS) is 11.9. The number of nitrogens with zero attached hydrogens (tertiary/aromatic N) is 3. The van der Waals surface area contributed by atoms with E-state index in [1.54, 1.807) is 0 Å². The molecule has 12 rings (SSSR count). The van der Waals surface area contributed by atoms with E-state index in [0.717, 1.165) is 83.2 Å². The van der Waals surface area contributed by atoms with Gasteiger partial charge in [-0.1, -0.05) is 84.9 Å². The van der Waals surface area contributed by atoms with Crippen LogP contribution in [0.15, 0.2) is 189 Å². The van der Waals surface area contributed by atoms with Crippen LogP contribution in [0.5, 0.6) is 0 Å². The molecule has 0 atom stereocenters. The maximum atomic E-state index is 6.38. The highest BCUT2D eigenvalue weighted by Gasteiger charge is 2.18. The second-order valence-electron chi connectivity index (χ2n) is 14.2. The Balaban J connectivity index is 0.963. The predicted molar refractivity (Wildman–Crippen MR) is 225 cm³/mol. The topological polar surface area (TPSA) is 70.1 Å². The lowest BCUT2D eigenvalue weighted by Gasteiger charge is -2.09. The van der Waals surface area contributed by atoms with Crippen molar-refractivity contribution >= 4 is 65.9 Å². The lowest BCUT2D eigenvalue weighted by molar-refractivity contribution is 0.617. The summed E-state index contributed by atoms with van der Waals surface area (Å²) in [6.45, 7) is 0. The molecule has 0 saturated heterocycles. The number of hydrogen-bond donors (Lipinski definition) is 0. The predicted octanol–water partition coefficient (Wildman–Crippen LogP) is 13.6. The van der Waals surface area contributed by atoms with Crippen molar-refractivity contribution in [2.75, 3.05) is 0 Å². The van der Waals surface area contributed by atoms with E-state index >= 15 is 0 Å². The standard InChI is InChI=1S/C50H29N3O3/c1-5-13-43-37(9-1)38-10-2-6-14-44(38)53(43)36-21-17-30(18-22-36)31-19-23-45-39(28-31)40-29-32(20-24-46(40)54-45)33-25-34(49-51-41-11-3-7-15-47(41)55-49)27-35(26-33)50-52-42-12-4-8-16-48(42)56-50/h1-29H. The number of aromatic nitrogens is 3. The fourth-order valence-electron chi connectivity index (χ4n) is 8.17. The van der Waals surface area contributed by atoms with Gasteiger partial charge in [-0.25, -0.2) is 9.97 Å². The van der Waals surface area contributed by atoms with E-state index in [1.807, 2.05) is 54.6 Å². The first-order valence-corrected chi connectivity index (χ1v) is 18.6. The van der Waals surface area contributed by atoms with Crippen LogP contribution in [-0.2, 0) is 0 Å². The van der Waals surface area contributed by atoms with Crippen molar-refractivity contribution in [3.8, 4) is 50.8 Å². The van der Waals surface area contributed by atoms with Gasteiger partial charge < -0.3 is 17.8 Å². The fourth-order valence-corrected chi connectivity index (χ4v) is 8.17. The van der Waals surface area contributed by atoms with Gasteiger partial charge in [0, 0.05) is 38.4 Å². The number of furan rings is 1. The van der Waals surface area contributed by atoms with Crippen LogP contribution in [0.4, 0.5) is 0 Å². The summed E-state index contributed by atoms with van der Waals surface area (Å²) >= 11 is 0. The second-order valence-corrected chi connectivity index (χ2v) is 14.2. The molecule has 0 radical (unpaired) electrons. The zero-order valence-corrected chi connectivity index (χ0v) is 29.8. The molecular weight excluding hydrogens is 691 g/mol. The lowest BCUT2D eigenvalue weighted by Crippen LogP contribution is -1.93. The van der Waals surface area contributed by atoms with Crippen molar-refractivity contribution < 1.29 is 13.3 Å². The van der Waals surface area contributed by atoms with Crippen LogP contribution in [0.3, 0.4) is 0 Å². The van der Waals surface area contributed by atoms with Gasteiger partial charge in [0.25, 0.3) is 0 Å². The van der Waals surface area contributed by atoms with Gasteiger partial charge in [0.05, 0.1) is 11.0 Å². The van der Waals surface area contributed by atoms with Gasteiger partial charge in [-0.05, 0) is 113 Å². The summed E-state index contributed by atoms with van der Waals surface area (Å²) < 4.78 is 21.2. The van der Waals surface area contributed by atoms with Crippen molar-refractivity contribution in [3.63, 3.8) is 0 Å². The maximum absolute atomic E-state index is 6.38. The van der Waals surface area contributed by atoms with Crippen LogP contribution in [0, 0.1) is 0 Å². The molecule has 4 heterocycles. The van der Waals surface area contributed by atoms with E-state index in [0.29, 0.717) is 11.8 Å². The highest BCUT2D eigenvalue weighted by Crippen LogP contribution is 2.39. The molecule has 6 heteroatoms. The molecule has 0 saturated carbocycles. The molecule has 8 aromatic carbocycles. The Hall–Kier alpha value is -7.70. The van der Waals surface area contributed by atoms with Crippen LogP contribution in [0.2, 0.25) is 0 Å². The van der Waals surface area contributed by atoms with Gasteiger partial charge in [0.15, 0.2) is 11.2 Å². The molecule has 56 heavy (non-hydrogen) atoms. The summed E-state index contributed by atoms with van der Waals surface area (Å²) in [5, 5.41) is 4.60. The van der Waals surface area contributed by atoms with E-state index in [2.05, 4.69) is 126 Å². The molecule has 0 unspecified atom stereocenters. The van der Waals surface area contributed by atoms with Gasteiger partial charge in [0.2, 0.25) is 11.8 Å². The van der Waals surface area contributed by atoms with E-state index in [1.165, 1.54) is 21.8 Å². The van der Waals surface area contributed by atoms with Crippen LogP contribution in [0.1, 0.15) is 0 Å². The van der Waals surface area contributed by atoms with Crippen LogP contribution in [-0.4, -0.2) is 14.5 Å². The quantitative estimate of drug-likeness (QED) is 0.177. The summed E-state index contributed by atoms with van der Waals surface area (Å²) in [7, 11) is 0. The minimum Gasteiger partial charge on any atom is -0.456 e. The third kappa shape index (κ3) is 4.83. The summed E-state index contributed by atoms with van der Waals surface area (Å²) in [6.07, 6.45) is 0. The number of fused-ring (bicyclic) bond motifs is 8. The minimum absolute atomic E-state index is 0.536. The summed E-state index contributed by atoms with van der Waals surface area (Å²) in [4.78, 5) is 9.66. The monoisotopic (exact) mass is 719 g/mol. The molecule has 0 fully saturated rings. The van der Waals surface area contributed by atoms with Crippen LogP contribution in [0.25, 0.3) is 117 Å². The first-order valence-electron chi connectivity index (χ1n) is 18.6. The number of benzene rings is 8. The Morgan fingerprint density at radius 2 is 0.786 bits per heavy atom. The highest BCUT2D eigenvalue weighted by molar-refractivity contribution is 6.10. The lowest BCUT2D eigenvalue weighted by atomic mass is 9.97. The smallest absolute Gasteiger partial charge is 0.227 e. The van der Waals surface area contributed by atoms with Gasteiger partial charge in [-0.2, -0.15) is 0 Å². The Bertz CT molecular complexity index is 3280. The molecule has 4 aromatic heterocycles. The molecule has 0 aliphatic heterocycles. The molecule has 0 aliphatic rings. The third-order valence-corrected chi connectivity index (χ3v) is 10.9. The number of hydrogen-bond acceptors (Lipinski definition) is 5. The molecule has 0 N–H and O–H groups in total. The Morgan fingerprint density at radius 3 is 1.34 bits per heavy atom. The average Bonchev–Trinajstić information content (AvgIpc) is 4.05. The highest BCUT2D eigenvalue weighted by atomic mass is 16.4. The summed E-state index contributed by atoms with van der Waals surface area (Å²) in [5.74, 6) is 1.07. The van der Waals surface area contributed by atoms with E-state index in [-0.39, 0.29) is 0 Å². The first-order chi connectivity index (χ1) is 27.7. The Morgan fingerprint density at radius 1 is 0.321 bits per heavy atom. The van der Waals surface area contributed by atoms with Crippen molar-refractivity contribution in [3.05, 3.63) is 176 Å². The fraction of sp³-hybridized carbons (Fsp3) is 0. The Kier molecular flexibility index (Phi) is 6.53. The largest absolute Gasteiger partial charge is 0.456 e. The SMILES string of the molecule is c1ccc2oc(-c3cc(-c4ccc5oc6ccc(-c7ccc(-n8c9ccccc9c9ccccc98)cc7)cc6c5c4)cc(-c4nc5ccccc5o4)c3)nc2c1. The molecular formula is C50H29N3O3. The number of para-hydroxylation sites is 6. The van der Waals surface area contributed by atoms with Crippen LogP contribution >= 0.6 is 0 Å². The van der Waals surface area contributed by atoms with Gasteiger partial charge in [0.1, 0.15) is 22.2 Å². The maximum Gasteiger partial charge on any atom is 0.227 e. The Labute approximate surface area is 319 Å². The first kappa shape index (κ1) is 30.7. The van der Waals surface area contributed by atoms with Crippen molar-refractivity contribution in [1.29, 1.82) is 0 Å². The zero-order valence-electron chi connectivity index (χ0n) is 29.8. The van der Waals surface area contributed by atoms with E-state index in [4.69, 9.17) is 23.2 Å². The zero-order chi connectivity index (χ0) is 36.7. The third-order valence-electron chi connectivity index (χ3n) is 10.9. The molecule has 12 aromatic rings. The number of rotatable bonds is 5. The summed E-state index contributed by atoms with van der Waals surface area (Å²) in [5.41, 5.74) is 14.2. The van der Waals surface area contributed by atoms with Crippen molar-refractivity contribution in [2.24, 2.45) is 0 Å². The van der Waals surface area contributed by atoms with Gasteiger partial charge >= 0.3 is 0 Å². The average molecular weight is 720 g/mol. The van der Waals surface area contributed by atoms with E-state index in [9.17, 15) is 0 Å². The molecule has 0 aliphatic carbocycles. The second kappa shape index (κ2) is 11.9. The molecule has 6 nitrogen and oxygen atoms in total. The van der Waals surface area contributed by atoms with E-state index < -0.39 is 0 Å². The number of oxazole rings is 2. The summed E-state index contributed by atoms with van der Waals surface area (Å²) in [6, 6.07) is 60.7. The van der Waals surface area contributed by atoms with Gasteiger partial charge in [-0.15, -0.1) is 0 Å². The minimum atomic E-state index is 0.536.